The van der Waals surface area contributed by atoms with Gasteiger partial charge in [-0.2, -0.15) is 4.98 Å². The molecule has 0 saturated heterocycles. The summed E-state index contributed by atoms with van der Waals surface area (Å²) in [6.07, 6.45) is 0. The third-order valence-electron chi connectivity index (χ3n) is 2.07. The summed E-state index contributed by atoms with van der Waals surface area (Å²) >= 11 is 3.33. The van der Waals surface area contributed by atoms with Crippen molar-refractivity contribution in [3.63, 3.8) is 0 Å². The molecule has 0 fully saturated rings. The van der Waals surface area contributed by atoms with E-state index in [9.17, 15) is 4.79 Å². The number of nitrogens with zero attached hydrogens (tertiary/aromatic N) is 3. The Kier molecular flexibility index (Phi) is 3.01. The van der Waals surface area contributed by atoms with Gasteiger partial charge in [0.25, 0.3) is 5.91 Å². The number of fused-ring (bicyclic) bond motifs is 1. The number of pyridine rings is 1. The first-order valence-electron chi connectivity index (χ1n) is 5.10. The zero-order valence-electron chi connectivity index (χ0n) is 9.44. The summed E-state index contributed by atoms with van der Waals surface area (Å²) < 4.78 is 2.18. The zero-order valence-corrected chi connectivity index (χ0v) is 11.0. The van der Waals surface area contributed by atoms with Crippen LogP contribution in [0.1, 0.15) is 24.3 Å². The Bertz CT molecular complexity index is 577. The van der Waals surface area contributed by atoms with E-state index in [1.807, 2.05) is 13.8 Å². The van der Waals surface area contributed by atoms with E-state index in [2.05, 4.69) is 31.3 Å². The average molecular weight is 298 g/mol. The van der Waals surface area contributed by atoms with Gasteiger partial charge in [-0.05, 0) is 26.0 Å². The highest BCUT2D eigenvalue weighted by atomic mass is 79.9. The van der Waals surface area contributed by atoms with Gasteiger partial charge in [0.1, 0.15) is 5.69 Å². The summed E-state index contributed by atoms with van der Waals surface area (Å²) in [5, 5.41) is 6.78. The Morgan fingerprint density at radius 3 is 2.88 bits per heavy atom. The lowest BCUT2D eigenvalue weighted by Crippen LogP contribution is -2.31. The van der Waals surface area contributed by atoms with Crippen molar-refractivity contribution in [2.24, 2.45) is 0 Å². The Morgan fingerprint density at radius 1 is 1.53 bits per heavy atom. The number of amides is 1. The number of carbonyl (C=O) groups excluding carboxylic acids is 1. The highest BCUT2D eigenvalue weighted by molar-refractivity contribution is 9.10. The van der Waals surface area contributed by atoms with Gasteiger partial charge in [0.15, 0.2) is 5.65 Å². The van der Waals surface area contributed by atoms with Crippen LogP contribution in [0, 0.1) is 0 Å². The van der Waals surface area contributed by atoms with Gasteiger partial charge >= 0.3 is 0 Å². The third-order valence-corrected chi connectivity index (χ3v) is 2.53. The lowest BCUT2D eigenvalue weighted by atomic mass is 10.3. The van der Waals surface area contributed by atoms with E-state index in [0.717, 1.165) is 4.47 Å². The molecule has 1 amide bonds. The summed E-state index contributed by atoms with van der Waals surface area (Å²) in [5.41, 5.74) is 6.45. The maximum atomic E-state index is 12.0. The van der Waals surface area contributed by atoms with Crippen molar-refractivity contribution in [3.05, 3.63) is 22.3 Å². The fraction of sp³-hybridized carbons (Fsp3) is 0.300. The maximum absolute atomic E-state index is 12.0. The van der Waals surface area contributed by atoms with Crippen molar-refractivity contribution in [1.29, 1.82) is 0 Å². The van der Waals surface area contributed by atoms with Crippen molar-refractivity contribution >= 4 is 33.4 Å². The van der Waals surface area contributed by atoms with Crippen molar-refractivity contribution in [2.45, 2.75) is 19.9 Å². The topological polar surface area (TPSA) is 85.3 Å². The first kappa shape index (κ1) is 11.8. The third kappa shape index (κ3) is 2.38. The van der Waals surface area contributed by atoms with E-state index in [1.54, 1.807) is 12.1 Å². The molecule has 2 heterocycles. The summed E-state index contributed by atoms with van der Waals surface area (Å²) in [7, 11) is 0. The van der Waals surface area contributed by atoms with Gasteiger partial charge in [0, 0.05) is 10.5 Å². The van der Waals surface area contributed by atoms with Crippen LogP contribution in [0.2, 0.25) is 0 Å². The number of aromatic nitrogens is 3. The van der Waals surface area contributed by atoms with Crippen molar-refractivity contribution < 1.29 is 4.79 Å². The Balaban J connectivity index is 2.55. The van der Waals surface area contributed by atoms with Crippen LogP contribution in [0.5, 0.6) is 0 Å². The van der Waals surface area contributed by atoms with Gasteiger partial charge in [-0.1, -0.05) is 15.9 Å². The predicted octanol–water partition coefficient (Wildman–Crippen LogP) is 1.21. The van der Waals surface area contributed by atoms with Gasteiger partial charge in [-0.25, -0.2) is 4.52 Å². The van der Waals surface area contributed by atoms with Crippen LogP contribution < -0.4 is 11.1 Å². The second kappa shape index (κ2) is 4.33. The molecular formula is C10H12BrN5O. The average Bonchev–Trinajstić information content (AvgIpc) is 2.55. The largest absolute Gasteiger partial charge is 0.366 e. The maximum Gasteiger partial charge on any atom is 0.270 e. The van der Waals surface area contributed by atoms with Gasteiger partial charge in [-0.15, -0.1) is 5.10 Å². The van der Waals surface area contributed by atoms with Crippen LogP contribution in [-0.4, -0.2) is 26.5 Å². The number of anilines is 1. The monoisotopic (exact) mass is 297 g/mol. The van der Waals surface area contributed by atoms with Crippen LogP contribution >= 0.6 is 15.9 Å². The minimum atomic E-state index is -0.212. The van der Waals surface area contributed by atoms with Gasteiger partial charge in [0.2, 0.25) is 5.95 Å². The molecule has 0 bridgehead atoms. The second-order valence-corrected chi connectivity index (χ2v) is 4.84. The van der Waals surface area contributed by atoms with Crippen molar-refractivity contribution in [2.75, 3.05) is 5.73 Å². The number of rotatable bonds is 2. The van der Waals surface area contributed by atoms with E-state index >= 15 is 0 Å². The van der Waals surface area contributed by atoms with Crippen molar-refractivity contribution in [1.82, 2.24) is 19.9 Å². The van der Waals surface area contributed by atoms with Crippen LogP contribution in [0.4, 0.5) is 5.95 Å². The van der Waals surface area contributed by atoms with Gasteiger partial charge in [0.05, 0.1) is 0 Å². The molecule has 2 rings (SSSR count). The minimum absolute atomic E-state index is 0.0531. The Hall–Kier alpha value is -1.63. The SMILES string of the molecule is CC(C)NC(=O)c1cc(Br)cc2nc(N)nn12. The smallest absolute Gasteiger partial charge is 0.270 e. The molecule has 0 spiro atoms. The lowest BCUT2D eigenvalue weighted by molar-refractivity contribution is 0.0935. The second-order valence-electron chi connectivity index (χ2n) is 3.93. The summed E-state index contributed by atoms with van der Waals surface area (Å²) in [4.78, 5) is 16.0. The summed E-state index contributed by atoms with van der Waals surface area (Å²) in [5.74, 6) is -0.0714. The molecule has 2 aromatic rings. The van der Waals surface area contributed by atoms with E-state index in [-0.39, 0.29) is 17.9 Å². The molecule has 0 atom stereocenters. The predicted molar refractivity (Wildman–Crippen MR) is 67.7 cm³/mol. The molecule has 0 aromatic carbocycles. The van der Waals surface area contributed by atoms with Crippen LogP contribution in [0.3, 0.4) is 0 Å². The quantitative estimate of drug-likeness (QED) is 0.872. The number of hydrogen-bond donors (Lipinski definition) is 2. The number of nitrogen functional groups attached to an aromatic ring is 1. The first-order valence-corrected chi connectivity index (χ1v) is 5.89. The fourth-order valence-corrected chi connectivity index (χ4v) is 1.89. The van der Waals surface area contributed by atoms with Gasteiger partial charge in [-0.3, -0.25) is 4.79 Å². The first-order chi connectivity index (χ1) is 7.97. The number of nitrogens with one attached hydrogen (secondary N) is 1. The van der Waals surface area contributed by atoms with Crippen molar-refractivity contribution in [3.8, 4) is 0 Å². The molecule has 0 aliphatic rings. The number of halogens is 1. The molecule has 3 N–H and O–H groups in total. The lowest BCUT2D eigenvalue weighted by Gasteiger charge is -2.09. The molecule has 17 heavy (non-hydrogen) atoms. The molecule has 0 aliphatic carbocycles. The normalized spacial score (nSPS) is 11.1. The Labute approximate surface area is 106 Å². The highest BCUT2D eigenvalue weighted by Gasteiger charge is 2.14. The molecule has 6 nitrogen and oxygen atoms in total. The standard InChI is InChI=1S/C10H12BrN5O/c1-5(2)13-9(17)7-3-6(11)4-8-14-10(12)15-16(7)8/h3-5H,1-2H3,(H2,12,15)(H,13,17). The fourth-order valence-electron chi connectivity index (χ4n) is 1.47. The highest BCUT2D eigenvalue weighted by Crippen LogP contribution is 2.16. The number of nitrogens with two attached hydrogens (primary N) is 1. The molecule has 0 radical (unpaired) electrons. The molecular weight excluding hydrogens is 286 g/mol. The van der Waals surface area contributed by atoms with Crippen LogP contribution in [-0.2, 0) is 0 Å². The molecule has 0 aliphatic heterocycles. The van der Waals surface area contributed by atoms with E-state index < -0.39 is 0 Å². The van der Waals surface area contributed by atoms with Crippen LogP contribution in [0.25, 0.3) is 5.65 Å². The number of carbonyl (C=O) groups is 1. The molecule has 0 unspecified atom stereocenters. The molecule has 2 aromatic heterocycles. The summed E-state index contributed by atoms with van der Waals surface area (Å²) in [6, 6.07) is 3.48. The molecule has 0 saturated carbocycles. The minimum Gasteiger partial charge on any atom is -0.366 e. The van der Waals surface area contributed by atoms with E-state index in [4.69, 9.17) is 5.73 Å². The zero-order chi connectivity index (χ0) is 12.6. The van der Waals surface area contributed by atoms with E-state index in [0.29, 0.717) is 11.3 Å². The van der Waals surface area contributed by atoms with Crippen LogP contribution in [0.15, 0.2) is 16.6 Å². The Morgan fingerprint density at radius 2 is 2.24 bits per heavy atom. The summed E-state index contributed by atoms with van der Waals surface area (Å²) in [6.45, 7) is 3.78. The number of hydrogen-bond acceptors (Lipinski definition) is 4. The van der Waals surface area contributed by atoms with E-state index in [1.165, 1.54) is 4.52 Å². The molecule has 90 valence electrons. The van der Waals surface area contributed by atoms with Gasteiger partial charge < -0.3 is 11.1 Å². The molecule has 7 heteroatoms.